The molecule has 0 radical (unpaired) electrons. The fourth-order valence-corrected chi connectivity index (χ4v) is 5.62. The first-order valence-electron chi connectivity index (χ1n) is 13.1. The lowest BCUT2D eigenvalue weighted by Gasteiger charge is -2.23. The summed E-state index contributed by atoms with van der Waals surface area (Å²) < 4.78 is 6.23. The predicted octanol–water partition coefficient (Wildman–Crippen LogP) is 9.74. The molecule has 0 aliphatic heterocycles. The van der Waals surface area contributed by atoms with E-state index in [1.54, 1.807) is 0 Å². The smallest absolute Gasteiger partial charge is 0.160 e. The molecule has 0 spiro atoms. The van der Waals surface area contributed by atoms with Gasteiger partial charge in [-0.1, -0.05) is 71.0 Å². The van der Waals surface area contributed by atoms with Crippen molar-refractivity contribution in [2.24, 2.45) is 5.92 Å². The third kappa shape index (κ3) is 4.46. The van der Waals surface area contributed by atoms with Crippen LogP contribution in [0.4, 0.5) is 0 Å². The summed E-state index contributed by atoms with van der Waals surface area (Å²) in [5.74, 6) is 1.52. The Morgan fingerprint density at radius 2 is 1.56 bits per heavy atom. The average Bonchev–Trinajstić information content (AvgIpc) is 3.17. The largest absolute Gasteiger partial charge is 0.459 e. The van der Waals surface area contributed by atoms with Crippen molar-refractivity contribution in [1.29, 1.82) is 0 Å². The molecule has 0 saturated heterocycles. The van der Waals surface area contributed by atoms with Crippen LogP contribution in [0, 0.1) is 26.7 Å². The second-order valence-corrected chi connectivity index (χ2v) is 11.8. The minimum atomic E-state index is 0.0220. The van der Waals surface area contributed by atoms with Crippen molar-refractivity contribution in [2.75, 3.05) is 0 Å². The highest BCUT2D eigenvalue weighted by Gasteiger charge is 2.21. The number of rotatable bonds is 4. The van der Waals surface area contributed by atoms with Crippen molar-refractivity contribution in [3.8, 4) is 22.4 Å². The van der Waals surface area contributed by atoms with Crippen LogP contribution in [0.1, 0.15) is 62.6 Å². The fraction of sp³-hybridized carbons (Fsp3) is 0.324. The summed E-state index contributed by atoms with van der Waals surface area (Å²) in [7, 11) is 0. The van der Waals surface area contributed by atoms with Crippen LogP contribution in [0.5, 0.6) is 0 Å². The van der Waals surface area contributed by atoms with Gasteiger partial charge in [0.25, 0.3) is 0 Å². The van der Waals surface area contributed by atoms with E-state index in [2.05, 4.69) is 109 Å². The Hall–Kier alpha value is -3.39. The molecule has 0 amide bonds. The van der Waals surface area contributed by atoms with Gasteiger partial charge in [-0.05, 0) is 95.3 Å². The zero-order chi connectivity index (χ0) is 25.8. The molecular formula is C34H37NO. The van der Waals surface area contributed by atoms with Gasteiger partial charge >= 0.3 is 0 Å². The quantitative estimate of drug-likeness (QED) is 0.258. The van der Waals surface area contributed by atoms with Crippen LogP contribution in [0.2, 0.25) is 0 Å². The van der Waals surface area contributed by atoms with Gasteiger partial charge in [0.15, 0.2) is 5.58 Å². The van der Waals surface area contributed by atoms with Crippen LogP contribution in [0.3, 0.4) is 0 Å². The molecule has 2 aromatic heterocycles. The standard InChI is InChI=1S/C34H37NO/c1-20(2)13-24-14-21(3)32(22(4)15-24)28-19-30(35-31-16-23(5)36-33(28)31)26-17-25-11-9-10-12-27(25)29(18-26)34(6,7)8/h9-12,14-20H,13H2,1-8H3. The molecule has 0 saturated carbocycles. The summed E-state index contributed by atoms with van der Waals surface area (Å²) in [6.07, 6.45) is 1.09. The molecule has 5 aromatic rings. The molecule has 184 valence electrons. The number of aryl methyl sites for hydroxylation is 3. The number of furan rings is 1. The van der Waals surface area contributed by atoms with Gasteiger partial charge in [-0.15, -0.1) is 0 Å². The molecule has 2 nitrogen and oxygen atoms in total. The normalized spacial score (nSPS) is 12.2. The Morgan fingerprint density at radius 1 is 0.861 bits per heavy atom. The Balaban J connectivity index is 1.77. The molecular weight excluding hydrogens is 438 g/mol. The Morgan fingerprint density at radius 3 is 2.22 bits per heavy atom. The van der Waals surface area contributed by atoms with E-state index >= 15 is 0 Å². The summed E-state index contributed by atoms with van der Waals surface area (Å²) in [5, 5.41) is 2.55. The topological polar surface area (TPSA) is 26.0 Å². The zero-order valence-electron chi connectivity index (χ0n) is 22.9. The summed E-state index contributed by atoms with van der Waals surface area (Å²) in [6.45, 7) is 17.9. The molecule has 0 bridgehead atoms. The van der Waals surface area contributed by atoms with E-state index in [0.717, 1.165) is 40.1 Å². The first-order valence-corrected chi connectivity index (χ1v) is 13.1. The van der Waals surface area contributed by atoms with Crippen molar-refractivity contribution in [2.45, 2.75) is 67.2 Å². The summed E-state index contributed by atoms with van der Waals surface area (Å²) >= 11 is 0. The molecule has 0 unspecified atom stereocenters. The van der Waals surface area contributed by atoms with E-state index in [1.807, 2.05) is 6.92 Å². The molecule has 2 heterocycles. The van der Waals surface area contributed by atoms with E-state index < -0.39 is 0 Å². The summed E-state index contributed by atoms with van der Waals surface area (Å²) in [5.41, 5.74) is 11.6. The number of nitrogens with zero attached hydrogens (tertiary/aromatic N) is 1. The highest BCUT2D eigenvalue weighted by molar-refractivity contribution is 5.97. The van der Waals surface area contributed by atoms with Crippen molar-refractivity contribution in [3.63, 3.8) is 0 Å². The minimum Gasteiger partial charge on any atom is -0.459 e. The molecule has 0 N–H and O–H groups in total. The zero-order valence-corrected chi connectivity index (χ0v) is 22.9. The van der Waals surface area contributed by atoms with Crippen molar-refractivity contribution < 1.29 is 4.42 Å². The monoisotopic (exact) mass is 475 g/mol. The van der Waals surface area contributed by atoms with E-state index in [-0.39, 0.29) is 5.41 Å². The van der Waals surface area contributed by atoms with Gasteiger partial charge in [0.1, 0.15) is 11.3 Å². The highest BCUT2D eigenvalue weighted by atomic mass is 16.3. The Bertz CT molecular complexity index is 1570. The van der Waals surface area contributed by atoms with E-state index in [1.165, 1.54) is 38.6 Å². The van der Waals surface area contributed by atoms with Crippen molar-refractivity contribution in [1.82, 2.24) is 4.98 Å². The molecule has 0 aliphatic rings. The molecule has 5 rings (SSSR count). The number of aromatic nitrogens is 1. The van der Waals surface area contributed by atoms with E-state index in [9.17, 15) is 0 Å². The summed E-state index contributed by atoms with van der Waals surface area (Å²) in [6, 6.07) is 22.3. The Kier molecular flexibility index (Phi) is 6.03. The third-order valence-corrected chi connectivity index (χ3v) is 7.07. The van der Waals surface area contributed by atoms with Gasteiger partial charge in [-0.3, -0.25) is 0 Å². The van der Waals surface area contributed by atoms with E-state index in [0.29, 0.717) is 5.92 Å². The van der Waals surface area contributed by atoms with Crippen LogP contribution in [-0.2, 0) is 11.8 Å². The van der Waals surface area contributed by atoms with Crippen LogP contribution in [0.15, 0.2) is 65.1 Å². The van der Waals surface area contributed by atoms with Gasteiger partial charge in [0, 0.05) is 17.2 Å². The summed E-state index contributed by atoms with van der Waals surface area (Å²) in [4.78, 5) is 5.10. The number of benzene rings is 3. The predicted molar refractivity (Wildman–Crippen MR) is 154 cm³/mol. The van der Waals surface area contributed by atoms with Crippen molar-refractivity contribution in [3.05, 3.63) is 88.7 Å². The second-order valence-electron chi connectivity index (χ2n) is 11.8. The van der Waals surface area contributed by atoms with Gasteiger partial charge in [-0.25, -0.2) is 4.98 Å². The first kappa shape index (κ1) is 24.3. The van der Waals surface area contributed by atoms with Crippen molar-refractivity contribution >= 4 is 21.9 Å². The van der Waals surface area contributed by atoms with Crippen LogP contribution < -0.4 is 0 Å². The molecule has 0 aliphatic carbocycles. The second kappa shape index (κ2) is 8.92. The maximum atomic E-state index is 6.23. The molecule has 0 atom stereocenters. The van der Waals surface area contributed by atoms with Gasteiger partial charge in [0.2, 0.25) is 0 Å². The number of pyridine rings is 1. The maximum Gasteiger partial charge on any atom is 0.160 e. The van der Waals surface area contributed by atoms with Gasteiger partial charge in [0.05, 0.1) is 5.69 Å². The lowest BCUT2D eigenvalue weighted by molar-refractivity contribution is 0.579. The fourth-order valence-electron chi connectivity index (χ4n) is 5.62. The third-order valence-electron chi connectivity index (χ3n) is 7.07. The minimum absolute atomic E-state index is 0.0220. The molecule has 2 heteroatoms. The lowest BCUT2D eigenvalue weighted by Crippen LogP contribution is -2.12. The average molecular weight is 476 g/mol. The first-order chi connectivity index (χ1) is 17.0. The van der Waals surface area contributed by atoms with Crippen LogP contribution >= 0.6 is 0 Å². The lowest BCUT2D eigenvalue weighted by atomic mass is 9.82. The van der Waals surface area contributed by atoms with E-state index in [4.69, 9.17) is 9.40 Å². The number of hydrogen-bond donors (Lipinski definition) is 0. The van der Waals surface area contributed by atoms with Crippen LogP contribution in [-0.4, -0.2) is 4.98 Å². The molecule has 36 heavy (non-hydrogen) atoms. The van der Waals surface area contributed by atoms with Gasteiger partial charge in [-0.2, -0.15) is 0 Å². The number of fused-ring (bicyclic) bond motifs is 2. The molecule has 0 fully saturated rings. The molecule has 3 aromatic carbocycles. The van der Waals surface area contributed by atoms with Crippen LogP contribution in [0.25, 0.3) is 44.3 Å². The SMILES string of the molecule is Cc1cc2nc(-c3cc(C(C)(C)C)c4ccccc4c3)cc(-c3c(C)cc(CC(C)C)cc3C)c2o1. The Labute approximate surface area is 215 Å². The number of hydrogen-bond acceptors (Lipinski definition) is 2. The highest BCUT2D eigenvalue weighted by Crippen LogP contribution is 2.40. The van der Waals surface area contributed by atoms with Gasteiger partial charge < -0.3 is 4.42 Å². The maximum absolute atomic E-state index is 6.23.